The van der Waals surface area contributed by atoms with Crippen LogP contribution in [0.3, 0.4) is 0 Å². The van der Waals surface area contributed by atoms with E-state index in [9.17, 15) is 9.70 Å². The van der Waals surface area contributed by atoms with Gasteiger partial charge in [0.1, 0.15) is 0 Å². The Morgan fingerprint density at radius 1 is 1.41 bits per heavy atom. The van der Waals surface area contributed by atoms with Crippen LogP contribution in [0.1, 0.15) is 10.4 Å². The molecule has 1 aromatic rings. The number of nitrogens with zero attached hydrogens (tertiary/aromatic N) is 2. The van der Waals surface area contributed by atoms with Crippen molar-refractivity contribution in [2.24, 2.45) is 5.18 Å². The fraction of sp³-hybridized carbons (Fsp3) is 0.250. The average Bonchev–Trinajstić information content (AvgIpc) is 2.37. The molecule has 0 aliphatic heterocycles. The maximum Gasteiger partial charge on any atom is 0.357 e. The standard InChI is InChI=1S/C12H14N2O3/c1-2-9-14(10-8-13-16)17-12(15)11-6-4-3-5-7-11/h2-7H,1,8-10H2. The summed E-state index contributed by atoms with van der Waals surface area (Å²) in [6.07, 6.45) is 1.59. The van der Waals surface area contributed by atoms with Crippen LogP contribution in [0.4, 0.5) is 0 Å². The molecule has 17 heavy (non-hydrogen) atoms. The quantitative estimate of drug-likeness (QED) is 0.411. The number of hydrogen-bond acceptors (Lipinski definition) is 5. The van der Waals surface area contributed by atoms with Gasteiger partial charge in [-0.05, 0) is 12.1 Å². The largest absolute Gasteiger partial charge is 0.364 e. The molecule has 1 aromatic carbocycles. The van der Waals surface area contributed by atoms with Gasteiger partial charge in [0.15, 0.2) is 0 Å². The van der Waals surface area contributed by atoms with Gasteiger partial charge in [0.2, 0.25) is 0 Å². The summed E-state index contributed by atoms with van der Waals surface area (Å²) in [5.41, 5.74) is 0.459. The summed E-state index contributed by atoms with van der Waals surface area (Å²) in [7, 11) is 0. The molecule has 0 heterocycles. The second kappa shape index (κ2) is 7.29. The molecule has 5 nitrogen and oxygen atoms in total. The van der Waals surface area contributed by atoms with Crippen LogP contribution in [0, 0.1) is 4.91 Å². The highest BCUT2D eigenvalue weighted by molar-refractivity contribution is 5.89. The van der Waals surface area contributed by atoms with Gasteiger partial charge in [-0.15, -0.1) is 11.6 Å². The first kappa shape index (κ1) is 13.1. The Hall–Kier alpha value is -2.01. The molecule has 0 aliphatic rings. The molecule has 90 valence electrons. The molecule has 0 aromatic heterocycles. The number of nitroso groups, excluding NO2 is 1. The van der Waals surface area contributed by atoms with E-state index >= 15 is 0 Å². The van der Waals surface area contributed by atoms with Gasteiger partial charge in [-0.2, -0.15) is 4.91 Å². The Morgan fingerprint density at radius 3 is 2.71 bits per heavy atom. The predicted molar refractivity (Wildman–Crippen MR) is 64.3 cm³/mol. The van der Waals surface area contributed by atoms with Crippen molar-refractivity contribution in [3.63, 3.8) is 0 Å². The Bertz CT molecular complexity index is 379. The minimum atomic E-state index is -0.460. The minimum Gasteiger partial charge on any atom is -0.364 e. The molecule has 0 fully saturated rings. The summed E-state index contributed by atoms with van der Waals surface area (Å²) in [6, 6.07) is 8.64. The Labute approximate surface area is 99.6 Å². The second-order valence-electron chi connectivity index (χ2n) is 3.27. The van der Waals surface area contributed by atoms with Crippen LogP contribution in [-0.2, 0) is 4.84 Å². The number of rotatable bonds is 7. The highest BCUT2D eigenvalue weighted by atomic mass is 16.7. The first-order chi connectivity index (χ1) is 8.27. The van der Waals surface area contributed by atoms with E-state index in [1.165, 1.54) is 5.06 Å². The Morgan fingerprint density at radius 2 is 2.12 bits per heavy atom. The third-order valence-electron chi connectivity index (χ3n) is 1.99. The first-order valence-corrected chi connectivity index (χ1v) is 5.20. The molecule has 0 amide bonds. The molecule has 0 saturated heterocycles. The van der Waals surface area contributed by atoms with Gasteiger partial charge in [-0.25, -0.2) is 4.79 Å². The van der Waals surface area contributed by atoms with Crippen LogP contribution in [0.2, 0.25) is 0 Å². The molecule has 1 rings (SSSR count). The van der Waals surface area contributed by atoms with Crippen molar-refractivity contribution in [3.8, 4) is 0 Å². The van der Waals surface area contributed by atoms with Crippen molar-refractivity contribution >= 4 is 5.97 Å². The molecule has 5 heteroatoms. The van der Waals surface area contributed by atoms with E-state index in [2.05, 4.69) is 11.8 Å². The Balaban J connectivity index is 2.57. The highest BCUT2D eigenvalue weighted by Gasteiger charge is 2.12. The summed E-state index contributed by atoms with van der Waals surface area (Å²) >= 11 is 0. The third-order valence-corrected chi connectivity index (χ3v) is 1.99. The monoisotopic (exact) mass is 234 g/mol. The number of hydroxylamine groups is 2. The lowest BCUT2D eigenvalue weighted by atomic mass is 10.2. The van der Waals surface area contributed by atoms with Crippen molar-refractivity contribution in [2.75, 3.05) is 19.6 Å². The molecule has 0 spiro atoms. The smallest absolute Gasteiger partial charge is 0.357 e. The predicted octanol–water partition coefficient (Wildman–Crippen LogP) is 2.01. The molecule has 0 N–H and O–H groups in total. The van der Waals surface area contributed by atoms with Crippen molar-refractivity contribution in [1.82, 2.24) is 5.06 Å². The number of hydrogen-bond donors (Lipinski definition) is 0. The molecule has 0 saturated carbocycles. The minimum absolute atomic E-state index is 0.0654. The van der Waals surface area contributed by atoms with E-state index < -0.39 is 5.97 Å². The van der Waals surface area contributed by atoms with Crippen LogP contribution < -0.4 is 0 Å². The summed E-state index contributed by atoms with van der Waals surface area (Å²) in [4.78, 5) is 26.8. The molecule has 0 bridgehead atoms. The van der Waals surface area contributed by atoms with E-state index in [1.807, 2.05) is 6.07 Å². The van der Waals surface area contributed by atoms with Gasteiger partial charge < -0.3 is 4.84 Å². The van der Waals surface area contributed by atoms with Gasteiger partial charge in [0.25, 0.3) is 0 Å². The second-order valence-corrected chi connectivity index (χ2v) is 3.27. The van der Waals surface area contributed by atoms with Crippen molar-refractivity contribution in [2.45, 2.75) is 0 Å². The van der Waals surface area contributed by atoms with Crippen LogP contribution in [0.15, 0.2) is 48.2 Å². The van der Waals surface area contributed by atoms with Gasteiger partial charge >= 0.3 is 5.97 Å². The van der Waals surface area contributed by atoms with Gasteiger partial charge in [-0.3, -0.25) is 0 Å². The zero-order chi connectivity index (χ0) is 12.5. The lowest BCUT2D eigenvalue weighted by Gasteiger charge is -2.17. The topological polar surface area (TPSA) is 59.0 Å². The number of carbonyl (C=O) groups is 1. The fourth-order valence-corrected chi connectivity index (χ4v) is 1.21. The van der Waals surface area contributed by atoms with E-state index in [0.717, 1.165) is 0 Å². The normalized spacial score (nSPS) is 9.94. The molecule has 0 atom stereocenters. The van der Waals surface area contributed by atoms with E-state index in [0.29, 0.717) is 12.1 Å². The molecule has 0 aliphatic carbocycles. The zero-order valence-corrected chi connectivity index (χ0v) is 9.41. The fourth-order valence-electron chi connectivity index (χ4n) is 1.21. The molecular weight excluding hydrogens is 220 g/mol. The Kier molecular flexibility index (Phi) is 5.60. The summed E-state index contributed by atoms with van der Waals surface area (Å²) in [5, 5.41) is 4.07. The van der Waals surface area contributed by atoms with Gasteiger partial charge in [-0.1, -0.05) is 29.5 Å². The van der Waals surface area contributed by atoms with Crippen molar-refractivity contribution in [1.29, 1.82) is 0 Å². The third kappa shape index (κ3) is 4.56. The summed E-state index contributed by atoms with van der Waals surface area (Å²) in [5.74, 6) is -0.460. The maximum absolute atomic E-state index is 11.7. The van der Waals surface area contributed by atoms with E-state index in [4.69, 9.17) is 4.84 Å². The van der Waals surface area contributed by atoms with Gasteiger partial charge in [0, 0.05) is 0 Å². The molecule has 0 unspecified atom stereocenters. The van der Waals surface area contributed by atoms with Gasteiger partial charge in [0.05, 0.1) is 25.2 Å². The lowest BCUT2D eigenvalue weighted by molar-refractivity contribution is -0.0994. The SMILES string of the molecule is C=CCN(CCN=O)OC(=O)c1ccccc1. The summed E-state index contributed by atoms with van der Waals surface area (Å²) < 4.78 is 0. The van der Waals surface area contributed by atoms with Crippen LogP contribution in [-0.4, -0.2) is 30.7 Å². The van der Waals surface area contributed by atoms with Crippen LogP contribution in [0.25, 0.3) is 0 Å². The molecule has 0 radical (unpaired) electrons. The zero-order valence-electron chi connectivity index (χ0n) is 9.41. The van der Waals surface area contributed by atoms with E-state index in [1.54, 1.807) is 30.3 Å². The van der Waals surface area contributed by atoms with Crippen LogP contribution >= 0.6 is 0 Å². The van der Waals surface area contributed by atoms with Crippen molar-refractivity contribution < 1.29 is 9.63 Å². The maximum atomic E-state index is 11.7. The highest BCUT2D eigenvalue weighted by Crippen LogP contribution is 2.03. The summed E-state index contributed by atoms with van der Waals surface area (Å²) in [6.45, 7) is 4.23. The average molecular weight is 234 g/mol. The lowest BCUT2D eigenvalue weighted by Crippen LogP contribution is -2.30. The number of carbonyl (C=O) groups excluding carboxylic acids is 1. The number of benzene rings is 1. The van der Waals surface area contributed by atoms with Crippen molar-refractivity contribution in [3.05, 3.63) is 53.5 Å². The first-order valence-electron chi connectivity index (χ1n) is 5.20. The molecular formula is C12H14N2O3. The van der Waals surface area contributed by atoms with E-state index in [-0.39, 0.29) is 13.1 Å². The van der Waals surface area contributed by atoms with Crippen LogP contribution in [0.5, 0.6) is 0 Å².